The number of halogens is 1. The molecule has 1 nitrogen and oxygen atoms in total. The van der Waals surface area contributed by atoms with E-state index in [0.717, 1.165) is 11.4 Å². The summed E-state index contributed by atoms with van der Waals surface area (Å²) in [6, 6.07) is 20.3. The number of para-hydroxylation sites is 2. The van der Waals surface area contributed by atoms with E-state index in [2.05, 4.69) is 5.32 Å². The molecule has 1 N–H and O–H groups in total. The molecule has 0 bridgehead atoms. The van der Waals surface area contributed by atoms with Gasteiger partial charge in [-0.25, -0.2) is 0 Å². The molecule has 14 heavy (non-hydrogen) atoms. The fraction of sp³-hybridized carbons (Fsp3) is 0. The molecule has 0 heterocycles. The summed E-state index contributed by atoms with van der Waals surface area (Å²) in [5.74, 6) is 0. The largest absolute Gasteiger partial charge is 0.356 e. The average Bonchev–Trinajstić information content (AvgIpc) is 2.21. The summed E-state index contributed by atoms with van der Waals surface area (Å²) in [7, 11) is 0. The Morgan fingerprint density at radius 2 is 0.929 bits per heavy atom. The van der Waals surface area contributed by atoms with Gasteiger partial charge in [0.1, 0.15) is 0 Å². The predicted octanol–water partition coefficient (Wildman–Crippen LogP) is 3.85. The number of anilines is 2. The van der Waals surface area contributed by atoms with Crippen molar-refractivity contribution in [3.8, 4) is 0 Å². The lowest BCUT2D eigenvalue weighted by Gasteiger charge is -2.04. The summed E-state index contributed by atoms with van der Waals surface area (Å²) in [6.07, 6.45) is 0. The van der Waals surface area contributed by atoms with Crippen molar-refractivity contribution in [2.24, 2.45) is 0 Å². The lowest BCUT2D eigenvalue weighted by Crippen LogP contribution is -1.87. The Hall–Kier alpha value is -1.47. The Morgan fingerprint density at radius 3 is 1.29 bits per heavy atom. The van der Waals surface area contributed by atoms with Crippen molar-refractivity contribution in [2.75, 3.05) is 5.32 Å². The third-order valence-corrected chi connectivity index (χ3v) is 1.84. The van der Waals surface area contributed by atoms with E-state index in [1.165, 1.54) is 0 Å². The van der Waals surface area contributed by atoms with Crippen LogP contribution in [-0.2, 0) is 0 Å². The molecule has 0 amide bonds. The van der Waals surface area contributed by atoms with Gasteiger partial charge in [-0.2, -0.15) is 0 Å². The van der Waals surface area contributed by atoms with Gasteiger partial charge in [-0.1, -0.05) is 36.4 Å². The maximum atomic E-state index is 3.30. The molecule has 2 rings (SSSR count). The molecule has 0 aliphatic heterocycles. The SMILES string of the molecule is Cl.c1ccc(Nc2ccccc2)cc1. The van der Waals surface area contributed by atoms with Gasteiger partial charge >= 0.3 is 0 Å². The van der Waals surface area contributed by atoms with Crippen molar-refractivity contribution >= 4 is 23.8 Å². The van der Waals surface area contributed by atoms with Crippen molar-refractivity contribution in [3.63, 3.8) is 0 Å². The first-order valence-corrected chi connectivity index (χ1v) is 4.32. The topological polar surface area (TPSA) is 12.0 Å². The van der Waals surface area contributed by atoms with E-state index in [1.807, 2.05) is 60.7 Å². The van der Waals surface area contributed by atoms with Crippen LogP contribution in [0.25, 0.3) is 0 Å². The van der Waals surface area contributed by atoms with Gasteiger partial charge in [0, 0.05) is 11.4 Å². The van der Waals surface area contributed by atoms with Crippen LogP contribution in [-0.4, -0.2) is 0 Å². The van der Waals surface area contributed by atoms with Crippen LogP contribution in [0.3, 0.4) is 0 Å². The van der Waals surface area contributed by atoms with Crippen LogP contribution in [0, 0.1) is 0 Å². The maximum Gasteiger partial charge on any atom is 0.0384 e. The molecule has 0 spiro atoms. The minimum absolute atomic E-state index is 0. The van der Waals surface area contributed by atoms with Gasteiger partial charge in [0.2, 0.25) is 0 Å². The molecule has 72 valence electrons. The van der Waals surface area contributed by atoms with Gasteiger partial charge in [-0.05, 0) is 24.3 Å². The number of rotatable bonds is 2. The van der Waals surface area contributed by atoms with Crippen LogP contribution in [0.2, 0.25) is 0 Å². The Labute approximate surface area is 90.2 Å². The summed E-state index contributed by atoms with van der Waals surface area (Å²) in [4.78, 5) is 0. The standard InChI is InChI=1S/C12H11N.ClH/c1-3-7-11(8-4-1)13-12-9-5-2-6-10-12;/h1-10,13H;1H. The molecule has 0 saturated carbocycles. The molecule has 0 unspecified atom stereocenters. The van der Waals surface area contributed by atoms with Crippen molar-refractivity contribution < 1.29 is 0 Å². The fourth-order valence-corrected chi connectivity index (χ4v) is 1.21. The fourth-order valence-electron chi connectivity index (χ4n) is 1.21. The van der Waals surface area contributed by atoms with E-state index in [4.69, 9.17) is 0 Å². The van der Waals surface area contributed by atoms with Gasteiger partial charge < -0.3 is 5.32 Å². The zero-order valence-electron chi connectivity index (χ0n) is 7.68. The molecule has 0 aliphatic carbocycles. The first-order valence-electron chi connectivity index (χ1n) is 4.32. The van der Waals surface area contributed by atoms with Crippen LogP contribution in [0.15, 0.2) is 60.7 Å². The second-order valence-corrected chi connectivity index (χ2v) is 2.86. The summed E-state index contributed by atoms with van der Waals surface area (Å²) >= 11 is 0. The third-order valence-electron chi connectivity index (χ3n) is 1.84. The number of hydrogen-bond acceptors (Lipinski definition) is 1. The minimum atomic E-state index is 0. The highest BCUT2D eigenvalue weighted by Gasteiger charge is 1.89. The molecule has 0 aromatic heterocycles. The molecule has 2 heteroatoms. The smallest absolute Gasteiger partial charge is 0.0384 e. The van der Waals surface area contributed by atoms with Gasteiger partial charge in [-0.3, -0.25) is 0 Å². The zero-order chi connectivity index (χ0) is 8.93. The van der Waals surface area contributed by atoms with E-state index < -0.39 is 0 Å². The van der Waals surface area contributed by atoms with E-state index in [-0.39, 0.29) is 12.4 Å². The summed E-state index contributed by atoms with van der Waals surface area (Å²) in [5.41, 5.74) is 2.24. The first kappa shape index (κ1) is 10.6. The molecular weight excluding hydrogens is 194 g/mol. The molecule has 0 aliphatic rings. The van der Waals surface area contributed by atoms with E-state index in [1.54, 1.807) is 0 Å². The summed E-state index contributed by atoms with van der Waals surface area (Å²) in [5, 5.41) is 3.30. The quantitative estimate of drug-likeness (QED) is 0.785. The minimum Gasteiger partial charge on any atom is -0.356 e. The molecule has 0 fully saturated rings. The van der Waals surface area contributed by atoms with Gasteiger partial charge in [0.25, 0.3) is 0 Å². The second-order valence-electron chi connectivity index (χ2n) is 2.86. The molecule has 2 aromatic rings. The Morgan fingerprint density at radius 1 is 0.571 bits per heavy atom. The van der Waals surface area contributed by atoms with Gasteiger partial charge in [0.05, 0.1) is 0 Å². The van der Waals surface area contributed by atoms with Crippen LogP contribution in [0.1, 0.15) is 0 Å². The van der Waals surface area contributed by atoms with E-state index >= 15 is 0 Å². The lowest BCUT2D eigenvalue weighted by atomic mass is 10.3. The van der Waals surface area contributed by atoms with Crippen molar-refractivity contribution in [2.45, 2.75) is 0 Å². The van der Waals surface area contributed by atoms with Crippen molar-refractivity contribution in [1.29, 1.82) is 0 Å². The number of hydrogen-bond donors (Lipinski definition) is 1. The van der Waals surface area contributed by atoms with Gasteiger partial charge in [-0.15, -0.1) is 12.4 Å². The Balaban J connectivity index is 0.000000980. The highest BCUT2D eigenvalue weighted by Crippen LogP contribution is 2.14. The van der Waals surface area contributed by atoms with Crippen LogP contribution in [0.4, 0.5) is 11.4 Å². The second kappa shape index (κ2) is 5.30. The molecule has 0 saturated heterocycles. The molecular formula is C12H12ClN. The third kappa shape index (κ3) is 2.79. The van der Waals surface area contributed by atoms with Gasteiger partial charge in [0.15, 0.2) is 0 Å². The number of nitrogens with one attached hydrogen (secondary N) is 1. The Kier molecular flexibility index (Phi) is 4.02. The van der Waals surface area contributed by atoms with Crippen molar-refractivity contribution in [3.05, 3.63) is 60.7 Å². The number of benzene rings is 2. The lowest BCUT2D eigenvalue weighted by molar-refractivity contribution is 1.55. The monoisotopic (exact) mass is 205 g/mol. The van der Waals surface area contributed by atoms with E-state index in [0.29, 0.717) is 0 Å². The van der Waals surface area contributed by atoms with Crippen LogP contribution < -0.4 is 5.32 Å². The zero-order valence-corrected chi connectivity index (χ0v) is 8.50. The van der Waals surface area contributed by atoms with Crippen molar-refractivity contribution in [1.82, 2.24) is 0 Å². The summed E-state index contributed by atoms with van der Waals surface area (Å²) < 4.78 is 0. The first-order chi connectivity index (χ1) is 6.45. The predicted molar refractivity (Wildman–Crippen MR) is 63.4 cm³/mol. The molecule has 2 aromatic carbocycles. The maximum absolute atomic E-state index is 3.30. The van der Waals surface area contributed by atoms with Crippen LogP contribution >= 0.6 is 12.4 Å². The highest BCUT2D eigenvalue weighted by molar-refractivity contribution is 5.85. The Bertz CT molecular complexity index is 321. The molecule has 0 atom stereocenters. The normalized spacial score (nSPS) is 8.86. The van der Waals surface area contributed by atoms with Crippen LogP contribution in [0.5, 0.6) is 0 Å². The highest BCUT2D eigenvalue weighted by atomic mass is 35.5. The molecule has 0 radical (unpaired) electrons. The summed E-state index contributed by atoms with van der Waals surface area (Å²) in [6.45, 7) is 0. The van der Waals surface area contributed by atoms with E-state index in [9.17, 15) is 0 Å². The average molecular weight is 206 g/mol.